The Morgan fingerprint density at radius 1 is 1.00 bits per heavy atom. The number of anilines is 1. The van der Waals surface area contributed by atoms with Gasteiger partial charge in [0.2, 0.25) is 5.88 Å². The topological polar surface area (TPSA) is 106 Å². The van der Waals surface area contributed by atoms with Crippen LogP contribution in [0.15, 0.2) is 87.0 Å². The Kier molecular flexibility index (Phi) is 9.69. The second-order valence-corrected chi connectivity index (χ2v) is 14.7. The van der Waals surface area contributed by atoms with Crippen LogP contribution in [0.3, 0.4) is 0 Å². The summed E-state index contributed by atoms with van der Waals surface area (Å²) in [6, 6.07) is 18.6. The van der Waals surface area contributed by atoms with Gasteiger partial charge in [0.15, 0.2) is 10.8 Å². The fourth-order valence-electron chi connectivity index (χ4n) is 5.26. The Labute approximate surface area is 286 Å². The quantitative estimate of drug-likeness (QED) is 0.165. The number of carbonyl (C=O) groups excluding carboxylic acids is 1. The number of hydrogen-bond donors (Lipinski definition) is 1. The highest BCUT2D eigenvalue weighted by atomic mass is 79.9. The van der Waals surface area contributed by atoms with Crippen molar-refractivity contribution in [1.29, 1.82) is 0 Å². The molecule has 6 rings (SSSR count). The zero-order valence-corrected chi connectivity index (χ0v) is 28.6. The SMILES string of the molecule is Cn1c(C(=O)N2CCN(Cc3ccc(OCC(F)(F)F)cc3)CC2)cc2ccc(Oc3ccc(NS(=O)(=O)c4sccc4Br)cn3)cc21. The Bertz CT molecular complexity index is 2030. The van der Waals surface area contributed by atoms with Gasteiger partial charge >= 0.3 is 6.18 Å². The van der Waals surface area contributed by atoms with Gasteiger partial charge in [0.25, 0.3) is 15.9 Å². The van der Waals surface area contributed by atoms with Crippen LogP contribution in [0.2, 0.25) is 0 Å². The standard InChI is InChI=1S/C32H29BrF3N5O5S2/c1-39-27-17-25(46-29-9-5-23(18-37-29)38-48(43,44)31-26(33)10-15-47-31)8-4-22(27)16-28(39)30(42)41-13-11-40(12-14-41)19-21-2-6-24(7-3-21)45-20-32(34,35)36/h2-10,15-18,38H,11-14,19-20H2,1H3. The molecule has 1 fully saturated rings. The number of fused-ring (bicyclic) bond motifs is 1. The summed E-state index contributed by atoms with van der Waals surface area (Å²) in [5, 5.41) is 2.55. The predicted molar refractivity (Wildman–Crippen MR) is 179 cm³/mol. The third kappa shape index (κ3) is 7.94. The molecule has 3 aromatic heterocycles. The van der Waals surface area contributed by atoms with E-state index in [2.05, 4.69) is 30.5 Å². The number of rotatable bonds is 10. The first-order valence-corrected chi connectivity index (χ1v) is 17.8. The van der Waals surface area contributed by atoms with E-state index < -0.39 is 22.8 Å². The molecule has 1 aliphatic heterocycles. The lowest BCUT2D eigenvalue weighted by Gasteiger charge is -2.34. The van der Waals surface area contributed by atoms with Crippen LogP contribution >= 0.6 is 27.3 Å². The summed E-state index contributed by atoms with van der Waals surface area (Å²) in [5.41, 5.74) is 2.57. The minimum Gasteiger partial charge on any atom is -0.484 e. The van der Waals surface area contributed by atoms with Crippen LogP contribution in [-0.4, -0.2) is 72.6 Å². The first-order valence-electron chi connectivity index (χ1n) is 14.6. The number of ether oxygens (including phenoxy) is 2. The number of aromatic nitrogens is 2. The summed E-state index contributed by atoms with van der Waals surface area (Å²) in [7, 11) is -1.94. The van der Waals surface area contributed by atoms with Gasteiger partial charge in [-0.2, -0.15) is 13.2 Å². The van der Waals surface area contributed by atoms with Gasteiger partial charge in [0.1, 0.15) is 17.2 Å². The van der Waals surface area contributed by atoms with Gasteiger partial charge in [-0.1, -0.05) is 12.1 Å². The second kappa shape index (κ2) is 13.8. The molecule has 0 radical (unpaired) electrons. The summed E-state index contributed by atoms with van der Waals surface area (Å²) < 4.78 is 78.2. The molecule has 2 aromatic carbocycles. The molecule has 0 spiro atoms. The van der Waals surface area contributed by atoms with Crippen LogP contribution in [0.5, 0.6) is 17.4 Å². The van der Waals surface area contributed by atoms with Crippen molar-refractivity contribution in [1.82, 2.24) is 19.4 Å². The fraction of sp³-hybridized carbons (Fsp3) is 0.250. The molecule has 1 amide bonds. The van der Waals surface area contributed by atoms with Crippen molar-refractivity contribution in [3.8, 4) is 17.4 Å². The summed E-state index contributed by atoms with van der Waals surface area (Å²) in [4.78, 5) is 21.8. The lowest BCUT2D eigenvalue weighted by molar-refractivity contribution is -0.153. The Morgan fingerprint density at radius 3 is 2.38 bits per heavy atom. The van der Waals surface area contributed by atoms with Gasteiger partial charge < -0.3 is 18.9 Å². The molecule has 16 heteroatoms. The van der Waals surface area contributed by atoms with Gasteiger partial charge in [-0.25, -0.2) is 13.4 Å². The summed E-state index contributed by atoms with van der Waals surface area (Å²) >= 11 is 4.34. The number of halogens is 4. The molecule has 0 unspecified atom stereocenters. The van der Waals surface area contributed by atoms with E-state index in [-0.39, 0.29) is 27.4 Å². The number of nitrogens with zero attached hydrogens (tertiary/aromatic N) is 4. The van der Waals surface area contributed by atoms with Gasteiger partial charge in [0.05, 0.1) is 17.4 Å². The third-order valence-corrected chi connectivity index (χ3v) is 11.7. The molecule has 48 heavy (non-hydrogen) atoms. The van der Waals surface area contributed by atoms with E-state index >= 15 is 0 Å². The maximum Gasteiger partial charge on any atom is 0.422 e. The minimum atomic E-state index is -4.39. The van der Waals surface area contributed by atoms with Crippen LogP contribution in [0.1, 0.15) is 16.1 Å². The molecule has 4 heterocycles. The number of thiophene rings is 1. The van der Waals surface area contributed by atoms with E-state index in [0.717, 1.165) is 27.8 Å². The molecule has 0 atom stereocenters. The second-order valence-electron chi connectivity index (χ2n) is 11.1. The highest BCUT2D eigenvalue weighted by Gasteiger charge is 2.28. The lowest BCUT2D eigenvalue weighted by Crippen LogP contribution is -2.48. The molecule has 10 nitrogen and oxygen atoms in total. The van der Waals surface area contributed by atoms with E-state index in [1.165, 1.54) is 18.3 Å². The van der Waals surface area contributed by atoms with Crippen molar-refractivity contribution < 1.29 is 35.9 Å². The first kappa shape index (κ1) is 33.8. The summed E-state index contributed by atoms with van der Waals surface area (Å²) in [6.07, 6.45) is -3.01. The predicted octanol–water partition coefficient (Wildman–Crippen LogP) is 6.89. The number of sulfonamides is 1. The van der Waals surface area contributed by atoms with E-state index in [1.54, 1.807) is 41.8 Å². The molecule has 252 valence electrons. The monoisotopic (exact) mass is 763 g/mol. The summed E-state index contributed by atoms with van der Waals surface area (Å²) in [5.74, 6) is 0.844. The number of hydrogen-bond acceptors (Lipinski definition) is 8. The van der Waals surface area contributed by atoms with Crippen molar-refractivity contribution in [3.05, 3.63) is 94.0 Å². The number of amides is 1. The number of pyridine rings is 1. The number of alkyl halides is 3. The van der Waals surface area contributed by atoms with Crippen molar-refractivity contribution in [2.75, 3.05) is 37.5 Å². The number of nitrogens with one attached hydrogen (secondary N) is 1. The largest absolute Gasteiger partial charge is 0.484 e. The molecule has 1 aliphatic rings. The van der Waals surface area contributed by atoms with Crippen LogP contribution in [0, 0.1) is 0 Å². The molecule has 0 bridgehead atoms. The fourth-order valence-corrected chi connectivity index (χ4v) is 8.64. The zero-order chi connectivity index (χ0) is 34.1. The third-order valence-electron chi connectivity index (χ3n) is 7.67. The number of carbonyl (C=O) groups is 1. The van der Waals surface area contributed by atoms with Gasteiger partial charge in [-0.05, 0) is 69.3 Å². The number of piperazine rings is 1. The Morgan fingerprint density at radius 2 is 1.73 bits per heavy atom. The Hall–Kier alpha value is -4.12. The molecular formula is C32H29BrF3N5O5S2. The molecule has 0 saturated carbocycles. The molecule has 0 aliphatic carbocycles. The van der Waals surface area contributed by atoms with E-state index in [1.807, 2.05) is 34.7 Å². The average molecular weight is 765 g/mol. The van der Waals surface area contributed by atoms with Crippen molar-refractivity contribution in [2.45, 2.75) is 16.9 Å². The maximum atomic E-state index is 13.5. The van der Waals surface area contributed by atoms with Crippen molar-refractivity contribution in [3.63, 3.8) is 0 Å². The minimum absolute atomic E-state index is 0.0868. The average Bonchev–Trinajstić information content (AvgIpc) is 3.64. The highest BCUT2D eigenvalue weighted by Crippen LogP contribution is 2.31. The lowest BCUT2D eigenvalue weighted by atomic mass is 10.2. The van der Waals surface area contributed by atoms with Crippen LogP contribution in [0.4, 0.5) is 18.9 Å². The van der Waals surface area contributed by atoms with E-state index in [0.29, 0.717) is 48.6 Å². The van der Waals surface area contributed by atoms with Crippen LogP contribution < -0.4 is 14.2 Å². The maximum absolute atomic E-state index is 13.5. The van der Waals surface area contributed by atoms with Crippen molar-refractivity contribution in [2.24, 2.45) is 7.05 Å². The highest BCUT2D eigenvalue weighted by molar-refractivity contribution is 9.10. The first-order chi connectivity index (χ1) is 22.8. The molecule has 1 N–H and O–H groups in total. The van der Waals surface area contributed by atoms with Crippen molar-refractivity contribution >= 4 is 59.8 Å². The summed E-state index contributed by atoms with van der Waals surface area (Å²) in [6.45, 7) is 1.65. The van der Waals surface area contributed by atoms with E-state index in [4.69, 9.17) is 9.47 Å². The number of aryl methyl sites for hydroxylation is 1. The van der Waals surface area contributed by atoms with Gasteiger partial charge in [-0.15, -0.1) is 11.3 Å². The number of benzene rings is 2. The molecular weight excluding hydrogens is 735 g/mol. The van der Waals surface area contributed by atoms with E-state index in [9.17, 15) is 26.4 Å². The van der Waals surface area contributed by atoms with Crippen LogP contribution in [-0.2, 0) is 23.6 Å². The van der Waals surface area contributed by atoms with Gasteiger partial charge in [-0.3, -0.25) is 14.4 Å². The van der Waals surface area contributed by atoms with Crippen LogP contribution in [0.25, 0.3) is 10.9 Å². The normalized spacial score (nSPS) is 14.3. The van der Waals surface area contributed by atoms with Gasteiger partial charge in [0, 0.05) is 61.8 Å². The molecule has 5 aromatic rings. The smallest absolute Gasteiger partial charge is 0.422 e. The molecule has 1 saturated heterocycles. The Balaban J connectivity index is 1.04. The zero-order valence-electron chi connectivity index (χ0n) is 25.4.